The standard InChI is InChI=1S/C11H23NO/c1-4-5-11(8-13-3)12-9(2)10-6-7-10/h9-12H,4-8H2,1-3H3. The summed E-state index contributed by atoms with van der Waals surface area (Å²) in [6, 6.07) is 1.25. The van der Waals surface area contributed by atoms with Crippen LogP contribution in [0.1, 0.15) is 39.5 Å². The Kier molecular flexibility index (Phi) is 4.74. The van der Waals surface area contributed by atoms with Gasteiger partial charge in [-0.05, 0) is 32.1 Å². The number of ether oxygens (including phenoxy) is 1. The van der Waals surface area contributed by atoms with E-state index in [1.165, 1.54) is 25.7 Å². The van der Waals surface area contributed by atoms with E-state index in [1.54, 1.807) is 7.11 Å². The molecule has 0 bridgehead atoms. The first-order chi connectivity index (χ1) is 6.27. The van der Waals surface area contributed by atoms with Gasteiger partial charge in [-0.3, -0.25) is 0 Å². The Morgan fingerprint density at radius 1 is 1.46 bits per heavy atom. The highest BCUT2D eigenvalue weighted by Gasteiger charge is 2.28. The minimum Gasteiger partial charge on any atom is -0.383 e. The van der Waals surface area contributed by atoms with Crippen molar-refractivity contribution in [1.29, 1.82) is 0 Å². The summed E-state index contributed by atoms with van der Waals surface area (Å²) in [5.41, 5.74) is 0. The van der Waals surface area contributed by atoms with Crippen LogP contribution in [-0.2, 0) is 4.74 Å². The van der Waals surface area contributed by atoms with Crippen molar-refractivity contribution in [3.05, 3.63) is 0 Å². The number of hydrogen-bond donors (Lipinski definition) is 1. The highest BCUT2D eigenvalue weighted by molar-refractivity contribution is 4.85. The maximum Gasteiger partial charge on any atom is 0.0615 e. The summed E-state index contributed by atoms with van der Waals surface area (Å²) in [6.07, 6.45) is 5.29. The van der Waals surface area contributed by atoms with Gasteiger partial charge in [0.1, 0.15) is 0 Å². The van der Waals surface area contributed by atoms with Gasteiger partial charge in [-0.2, -0.15) is 0 Å². The molecule has 78 valence electrons. The molecule has 1 N–H and O–H groups in total. The molecule has 1 rings (SSSR count). The maximum absolute atomic E-state index is 5.20. The number of nitrogens with one attached hydrogen (secondary N) is 1. The van der Waals surface area contributed by atoms with Crippen molar-refractivity contribution in [1.82, 2.24) is 5.32 Å². The van der Waals surface area contributed by atoms with Gasteiger partial charge in [0, 0.05) is 19.2 Å². The molecular formula is C11H23NO. The second-order valence-corrected chi connectivity index (χ2v) is 4.23. The van der Waals surface area contributed by atoms with E-state index >= 15 is 0 Å². The molecule has 2 nitrogen and oxygen atoms in total. The van der Waals surface area contributed by atoms with Crippen molar-refractivity contribution < 1.29 is 4.74 Å². The van der Waals surface area contributed by atoms with E-state index in [-0.39, 0.29) is 0 Å². The minimum atomic E-state index is 0.561. The summed E-state index contributed by atoms with van der Waals surface area (Å²) in [6.45, 7) is 5.38. The Bertz CT molecular complexity index is 128. The Morgan fingerprint density at radius 2 is 2.15 bits per heavy atom. The molecule has 1 saturated carbocycles. The van der Waals surface area contributed by atoms with Crippen LogP contribution in [0, 0.1) is 5.92 Å². The van der Waals surface area contributed by atoms with Crippen LogP contribution < -0.4 is 5.32 Å². The van der Waals surface area contributed by atoms with E-state index in [1.807, 2.05) is 0 Å². The Balaban J connectivity index is 2.18. The van der Waals surface area contributed by atoms with Crippen molar-refractivity contribution in [3.63, 3.8) is 0 Å². The fourth-order valence-corrected chi connectivity index (χ4v) is 1.87. The van der Waals surface area contributed by atoms with E-state index in [2.05, 4.69) is 19.2 Å². The van der Waals surface area contributed by atoms with Crippen molar-refractivity contribution >= 4 is 0 Å². The highest BCUT2D eigenvalue weighted by atomic mass is 16.5. The lowest BCUT2D eigenvalue weighted by Gasteiger charge is -2.22. The average molecular weight is 185 g/mol. The fourth-order valence-electron chi connectivity index (χ4n) is 1.87. The van der Waals surface area contributed by atoms with Gasteiger partial charge in [-0.1, -0.05) is 13.3 Å². The van der Waals surface area contributed by atoms with Crippen molar-refractivity contribution in [2.75, 3.05) is 13.7 Å². The predicted octanol–water partition coefficient (Wildman–Crippen LogP) is 2.19. The largest absolute Gasteiger partial charge is 0.383 e. The SMILES string of the molecule is CCCC(COC)NC(C)C1CC1. The van der Waals surface area contributed by atoms with Crippen molar-refractivity contribution in [2.24, 2.45) is 5.92 Å². The van der Waals surface area contributed by atoms with Crippen LogP contribution in [0.15, 0.2) is 0 Å². The van der Waals surface area contributed by atoms with E-state index in [4.69, 9.17) is 4.74 Å². The Hall–Kier alpha value is -0.0800. The molecule has 13 heavy (non-hydrogen) atoms. The summed E-state index contributed by atoms with van der Waals surface area (Å²) < 4.78 is 5.20. The summed E-state index contributed by atoms with van der Waals surface area (Å²) in [5.74, 6) is 0.941. The van der Waals surface area contributed by atoms with Crippen molar-refractivity contribution in [3.8, 4) is 0 Å². The molecule has 0 heterocycles. The van der Waals surface area contributed by atoms with Crippen LogP contribution in [-0.4, -0.2) is 25.8 Å². The fraction of sp³-hybridized carbons (Fsp3) is 1.00. The molecule has 2 heteroatoms. The molecular weight excluding hydrogens is 162 g/mol. The first-order valence-corrected chi connectivity index (χ1v) is 5.53. The molecule has 1 fully saturated rings. The first kappa shape index (κ1) is 11.0. The van der Waals surface area contributed by atoms with Gasteiger partial charge in [-0.25, -0.2) is 0 Å². The van der Waals surface area contributed by atoms with Gasteiger partial charge in [0.15, 0.2) is 0 Å². The third-order valence-corrected chi connectivity index (χ3v) is 2.83. The zero-order valence-corrected chi connectivity index (χ0v) is 9.18. The second kappa shape index (κ2) is 5.61. The first-order valence-electron chi connectivity index (χ1n) is 5.53. The Labute approximate surface area is 82.0 Å². The molecule has 2 unspecified atom stereocenters. The molecule has 0 spiro atoms. The third-order valence-electron chi connectivity index (χ3n) is 2.83. The summed E-state index contributed by atoms with van der Waals surface area (Å²) in [4.78, 5) is 0. The lowest BCUT2D eigenvalue weighted by molar-refractivity contribution is 0.155. The van der Waals surface area contributed by atoms with Gasteiger partial charge in [-0.15, -0.1) is 0 Å². The molecule has 2 atom stereocenters. The molecule has 0 aromatic carbocycles. The topological polar surface area (TPSA) is 21.3 Å². The molecule has 0 aliphatic heterocycles. The van der Waals surface area contributed by atoms with E-state index < -0.39 is 0 Å². The molecule has 1 aliphatic carbocycles. The normalized spacial score (nSPS) is 21.5. The molecule has 0 aromatic heterocycles. The number of methoxy groups -OCH3 is 1. The van der Waals surface area contributed by atoms with Crippen LogP contribution in [0.3, 0.4) is 0 Å². The second-order valence-electron chi connectivity index (χ2n) is 4.23. The van der Waals surface area contributed by atoms with Crippen LogP contribution in [0.2, 0.25) is 0 Å². The van der Waals surface area contributed by atoms with Gasteiger partial charge >= 0.3 is 0 Å². The smallest absolute Gasteiger partial charge is 0.0615 e. The lowest BCUT2D eigenvalue weighted by atomic mass is 10.1. The average Bonchev–Trinajstić information content (AvgIpc) is 2.87. The summed E-state index contributed by atoms with van der Waals surface area (Å²) >= 11 is 0. The van der Waals surface area contributed by atoms with Crippen molar-refractivity contribution in [2.45, 2.75) is 51.6 Å². The zero-order valence-electron chi connectivity index (χ0n) is 9.18. The lowest BCUT2D eigenvalue weighted by Crippen LogP contribution is -2.40. The molecule has 0 aromatic rings. The molecule has 0 saturated heterocycles. The highest BCUT2D eigenvalue weighted by Crippen LogP contribution is 2.32. The van der Waals surface area contributed by atoms with E-state index in [9.17, 15) is 0 Å². The minimum absolute atomic E-state index is 0.561. The number of hydrogen-bond acceptors (Lipinski definition) is 2. The van der Waals surface area contributed by atoms with E-state index in [0.717, 1.165) is 12.5 Å². The molecule has 0 radical (unpaired) electrons. The van der Waals surface area contributed by atoms with E-state index in [0.29, 0.717) is 12.1 Å². The zero-order chi connectivity index (χ0) is 9.68. The number of rotatable bonds is 7. The quantitative estimate of drug-likeness (QED) is 0.656. The molecule has 0 amide bonds. The van der Waals surface area contributed by atoms with Crippen LogP contribution in [0.4, 0.5) is 0 Å². The monoisotopic (exact) mass is 185 g/mol. The van der Waals surface area contributed by atoms with Gasteiger partial charge in [0.2, 0.25) is 0 Å². The van der Waals surface area contributed by atoms with Gasteiger partial charge < -0.3 is 10.1 Å². The molecule has 1 aliphatic rings. The maximum atomic E-state index is 5.20. The van der Waals surface area contributed by atoms with Crippen LogP contribution in [0.5, 0.6) is 0 Å². The van der Waals surface area contributed by atoms with Crippen LogP contribution >= 0.6 is 0 Å². The third kappa shape index (κ3) is 4.10. The predicted molar refractivity (Wildman–Crippen MR) is 55.9 cm³/mol. The van der Waals surface area contributed by atoms with Gasteiger partial charge in [0.25, 0.3) is 0 Å². The summed E-state index contributed by atoms with van der Waals surface area (Å²) in [7, 11) is 1.78. The summed E-state index contributed by atoms with van der Waals surface area (Å²) in [5, 5.41) is 3.66. The Morgan fingerprint density at radius 3 is 2.62 bits per heavy atom. The van der Waals surface area contributed by atoms with Gasteiger partial charge in [0.05, 0.1) is 6.61 Å². The van der Waals surface area contributed by atoms with Crippen LogP contribution in [0.25, 0.3) is 0 Å².